The third-order valence-corrected chi connectivity index (χ3v) is 4.02. The molecule has 1 aromatic rings. The Morgan fingerprint density at radius 1 is 1.12 bits per heavy atom. The van der Waals surface area contributed by atoms with Crippen LogP contribution >= 0.6 is 0 Å². The van der Waals surface area contributed by atoms with Gasteiger partial charge in [0.15, 0.2) is 10.7 Å². The monoisotopic (exact) mass is 254 g/mol. The highest BCUT2D eigenvalue weighted by molar-refractivity contribution is 7.72. The second-order valence-corrected chi connectivity index (χ2v) is 5.54. The standard InChI is InChI=1S/C13H18O3S/c14-17(15)13-9-5-4-8-12(13)16-10-11-6-2-1-3-7-11/h4-5,8-9,11,17H,1-3,6-7,10H2. The van der Waals surface area contributed by atoms with Crippen molar-refractivity contribution in [3.8, 4) is 5.75 Å². The van der Waals surface area contributed by atoms with Gasteiger partial charge in [0.25, 0.3) is 0 Å². The Morgan fingerprint density at radius 3 is 2.53 bits per heavy atom. The van der Waals surface area contributed by atoms with Crippen molar-refractivity contribution in [3.05, 3.63) is 24.3 Å². The topological polar surface area (TPSA) is 43.4 Å². The van der Waals surface area contributed by atoms with Crippen LogP contribution in [-0.4, -0.2) is 15.0 Å². The van der Waals surface area contributed by atoms with Crippen LogP contribution in [0.3, 0.4) is 0 Å². The molecule has 0 spiro atoms. The van der Waals surface area contributed by atoms with Crippen molar-refractivity contribution < 1.29 is 13.2 Å². The second kappa shape index (κ2) is 6.05. The van der Waals surface area contributed by atoms with Crippen molar-refractivity contribution in [2.24, 2.45) is 5.92 Å². The molecule has 4 heteroatoms. The first-order valence-corrected chi connectivity index (χ1v) is 7.31. The molecule has 0 amide bonds. The molecular formula is C13H18O3S. The van der Waals surface area contributed by atoms with E-state index in [1.807, 2.05) is 0 Å². The number of hydrogen-bond acceptors (Lipinski definition) is 3. The minimum absolute atomic E-state index is 0.290. The van der Waals surface area contributed by atoms with Crippen LogP contribution in [-0.2, 0) is 10.7 Å². The fraction of sp³-hybridized carbons (Fsp3) is 0.538. The quantitative estimate of drug-likeness (QED) is 0.840. The van der Waals surface area contributed by atoms with E-state index in [2.05, 4.69) is 0 Å². The maximum atomic E-state index is 11.0. The Balaban J connectivity index is 1.98. The van der Waals surface area contributed by atoms with Crippen molar-refractivity contribution in [1.29, 1.82) is 0 Å². The number of thiol groups is 1. The predicted molar refractivity (Wildman–Crippen MR) is 67.1 cm³/mol. The average molecular weight is 254 g/mol. The lowest BCUT2D eigenvalue weighted by molar-refractivity contribution is 0.205. The fourth-order valence-electron chi connectivity index (χ4n) is 2.29. The summed E-state index contributed by atoms with van der Waals surface area (Å²) in [7, 11) is -2.57. The van der Waals surface area contributed by atoms with Gasteiger partial charge in [0, 0.05) is 0 Å². The molecule has 3 nitrogen and oxygen atoms in total. The lowest BCUT2D eigenvalue weighted by Crippen LogP contribution is -2.15. The molecule has 0 bridgehead atoms. The van der Waals surface area contributed by atoms with Crippen LogP contribution in [0.15, 0.2) is 29.2 Å². The SMILES string of the molecule is O=[SH](=O)c1ccccc1OCC1CCCCC1. The minimum atomic E-state index is -2.57. The van der Waals surface area contributed by atoms with E-state index >= 15 is 0 Å². The minimum Gasteiger partial charge on any atom is -0.492 e. The summed E-state index contributed by atoms with van der Waals surface area (Å²) in [5, 5.41) is 0. The van der Waals surface area contributed by atoms with Crippen LogP contribution in [0.5, 0.6) is 5.75 Å². The van der Waals surface area contributed by atoms with Gasteiger partial charge in [-0.1, -0.05) is 31.4 Å². The van der Waals surface area contributed by atoms with Gasteiger partial charge in [0.2, 0.25) is 0 Å². The lowest BCUT2D eigenvalue weighted by atomic mass is 9.90. The zero-order chi connectivity index (χ0) is 12.1. The molecule has 94 valence electrons. The van der Waals surface area contributed by atoms with Gasteiger partial charge in [-0.15, -0.1) is 0 Å². The Kier molecular flexibility index (Phi) is 4.42. The molecule has 0 unspecified atom stereocenters. The molecule has 0 heterocycles. The molecule has 1 aliphatic carbocycles. The largest absolute Gasteiger partial charge is 0.492 e. The molecule has 0 aliphatic heterocycles. The zero-order valence-electron chi connectivity index (χ0n) is 9.80. The number of ether oxygens (including phenoxy) is 1. The number of hydrogen-bond donors (Lipinski definition) is 1. The summed E-state index contributed by atoms with van der Waals surface area (Å²) in [4.78, 5) is 0.290. The highest BCUT2D eigenvalue weighted by Crippen LogP contribution is 2.26. The first-order valence-electron chi connectivity index (χ1n) is 6.13. The molecule has 1 aliphatic rings. The van der Waals surface area contributed by atoms with Gasteiger partial charge in [-0.2, -0.15) is 0 Å². The van der Waals surface area contributed by atoms with Crippen molar-refractivity contribution in [2.75, 3.05) is 6.61 Å². The van der Waals surface area contributed by atoms with E-state index in [1.165, 1.54) is 32.1 Å². The summed E-state index contributed by atoms with van der Waals surface area (Å²) in [5.74, 6) is 1.08. The van der Waals surface area contributed by atoms with Crippen LogP contribution in [0.2, 0.25) is 0 Å². The molecule has 0 radical (unpaired) electrons. The average Bonchev–Trinajstić information content (AvgIpc) is 2.38. The van der Waals surface area contributed by atoms with Gasteiger partial charge in [0.05, 0.1) is 6.61 Å². The summed E-state index contributed by atoms with van der Waals surface area (Å²) in [6.07, 6.45) is 6.26. The van der Waals surface area contributed by atoms with Crippen LogP contribution in [0.4, 0.5) is 0 Å². The van der Waals surface area contributed by atoms with Gasteiger partial charge >= 0.3 is 0 Å². The second-order valence-electron chi connectivity index (χ2n) is 4.54. The van der Waals surface area contributed by atoms with Crippen molar-refractivity contribution in [2.45, 2.75) is 37.0 Å². The lowest BCUT2D eigenvalue weighted by Gasteiger charge is -2.21. The molecule has 2 rings (SSSR count). The molecule has 0 atom stereocenters. The first-order chi connectivity index (χ1) is 8.27. The Morgan fingerprint density at radius 2 is 1.82 bits per heavy atom. The van der Waals surface area contributed by atoms with Gasteiger partial charge in [-0.05, 0) is 30.9 Å². The highest BCUT2D eigenvalue weighted by atomic mass is 32.2. The van der Waals surface area contributed by atoms with Crippen LogP contribution in [0.25, 0.3) is 0 Å². The molecule has 0 aromatic heterocycles. The molecule has 0 N–H and O–H groups in total. The first kappa shape index (κ1) is 12.4. The molecule has 1 fully saturated rings. The van der Waals surface area contributed by atoms with Crippen LogP contribution in [0.1, 0.15) is 32.1 Å². The van der Waals surface area contributed by atoms with Gasteiger partial charge in [0.1, 0.15) is 10.6 Å². The van der Waals surface area contributed by atoms with E-state index in [0.717, 1.165) is 0 Å². The molecule has 17 heavy (non-hydrogen) atoms. The summed E-state index contributed by atoms with van der Waals surface area (Å²) >= 11 is 0. The van der Waals surface area contributed by atoms with E-state index in [1.54, 1.807) is 24.3 Å². The summed E-state index contributed by atoms with van der Waals surface area (Å²) < 4.78 is 27.7. The molecule has 1 saturated carbocycles. The normalized spacial score (nSPS) is 17.2. The third-order valence-electron chi connectivity index (χ3n) is 3.26. The van der Waals surface area contributed by atoms with Crippen LogP contribution < -0.4 is 4.74 Å². The van der Waals surface area contributed by atoms with E-state index in [0.29, 0.717) is 23.2 Å². The molecule has 1 aromatic carbocycles. The Labute approximate surface area is 104 Å². The summed E-state index contributed by atoms with van der Waals surface area (Å²) in [5.41, 5.74) is 0. The van der Waals surface area contributed by atoms with Crippen LogP contribution in [0, 0.1) is 5.92 Å². The maximum Gasteiger partial charge on any atom is 0.171 e. The molecular weight excluding hydrogens is 236 g/mol. The van der Waals surface area contributed by atoms with Crippen molar-refractivity contribution >= 4 is 10.7 Å². The Bertz CT molecular complexity index is 426. The van der Waals surface area contributed by atoms with Gasteiger partial charge in [-0.25, -0.2) is 8.42 Å². The van der Waals surface area contributed by atoms with Crippen molar-refractivity contribution in [1.82, 2.24) is 0 Å². The van der Waals surface area contributed by atoms with E-state index in [-0.39, 0.29) is 0 Å². The third kappa shape index (κ3) is 3.46. The number of rotatable bonds is 4. The Hall–Kier alpha value is -1.03. The van der Waals surface area contributed by atoms with E-state index in [4.69, 9.17) is 4.74 Å². The van der Waals surface area contributed by atoms with Gasteiger partial charge in [-0.3, -0.25) is 0 Å². The number of benzene rings is 1. The van der Waals surface area contributed by atoms with Crippen molar-refractivity contribution in [3.63, 3.8) is 0 Å². The summed E-state index contributed by atoms with van der Waals surface area (Å²) in [6, 6.07) is 6.83. The number of para-hydroxylation sites is 1. The molecule has 0 saturated heterocycles. The van der Waals surface area contributed by atoms with Gasteiger partial charge < -0.3 is 4.74 Å². The summed E-state index contributed by atoms with van der Waals surface area (Å²) in [6.45, 7) is 0.639. The maximum absolute atomic E-state index is 11.0. The predicted octanol–water partition coefficient (Wildman–Crippen LogP) is 2.62. The van der Waals surface area contributed by atoms with E-state index < -0.39 is 10.7 Å². The smallest absolute Gasteiger partial charge is 0.171 e. The highest BCUT2D eigenvalue weighted by Gasteiger charge is 2.15. The van der Waals surface area contributed by atoms with E-state index in [9.17, 15) is 8.42 Å². The fourth-order valence-corrected chi connectivity index (χ4v) is 2.82. The zero-order valence-corrected chi connectivity index (χ0v) is 10.7.